The molecule has 106 valence electrons. The maximum atomic E-state index is 12.4. The number of carbonyl (C=O) groups excluding carboxylic acids is 1. The van der Waals surface area contributed by atoms with E-state index in [-0.39, 0.29) is 22.9 Å². The van der Waals surface area contributed by atoms with Crippen molar-refractivity contribution in [2.75, 3.05) is 20.1 Å². The molecule has 2 unspecified atom stereocenters. The monoisotopic (exact) mass is 286 g/mol. The largest absolute Gasteiger partial charge is 0.440 e. The van der Waals surface area contributed by atoms with Crippen LogP contribution in [0, 0.1) is 0 Å². The number of carbonyl (C=O) groups is 1. The number of aldehydes is 1. The standard InChI is InChI=1S/C12H18N2O4S/c1-9-6-14(7-10(2)13(9)3)19(16,17)12-5-4-11(8-15)18-12/h4-5,8-10H,6-7H2,1-3H3. The zero-order chi connectivity index (χ0) is 14.2. The molecule has 0 N–H and O–H groups in total. The van der Waals surface area contributed by atoms with Crippen LogP contribution < -0.4 is 0 Å². The van der Waals surface area contributed by atoms with E-state index >= 15 is 0 Å². The summed E-state index contributed by atoms with van der Waals surface area (Å²) in [7, 11) is -1.68. The van der Waals surface area contributed by atoms with Crippen LogP contribution in [0.15, 0.2) is 21.6 Å². The molecule has 1 fully saturated rings. The lowest BCUT2D eigenvalue weighted by Gasteiger charge is -2.41. The summed E-state index contributed by atoms with van der Waals surface area (Å²) in [5.41, 5.74) is 0. The third-order valence-corrected chi connectivity index (χ3v) is 5.34. The summed E-state index contributed by atoms with van der Waals surface area (Å²) in [6, 6.07) is 2.97. The number of likely N-dealkylation sites (N-methyl/N-ethyl adjacent to an activating group) is 1. The van der Waals surface area contributed by atoms with Gasteiger partial charge in [-0.1, -0.05) is 0 Å². The molecule has 1 aromatic rings. The molecule has 0 aliphatic carbocycles. The van der Waals surface area contributed by atoms with Crippen molar-refractivity contribution in [3.05, 3.63) is 17.9 Å². The predicted octanol–water partition coefficient (Wildman–Crippen LogP) is 0.805. The molecule has 0 amide bonds. The molecule has 7 heteroatoms. The first-order valence-corrected chi connectivity index (χ1v) is 7.57. The highest BCUT2D eigenvalue weighted by Crippen LogP contribution is 2.23. The molecule has 0 radical (unpaired) electrons. The van der Waals surface area contributed by atoms with Gasteiger partial charge in [0.2, 0.25) is 5.09 Å². The highest BCUT2D eigenvalue weighted by atomic mass is 32.2. The van der Waals surface area contributed by atoms with Gasteiger partial charge in [0.15, 0.2) is 12.0 Å². The van der Waals surface area contributed by atoms with Gasteiger partial charge >= 0.3 is 0 Å². The number of hydrogen-bond acceptors (Lipinski definition) is 5. The van der Waals surface area contributed by atoms with Gasteiger partial charge in [0.25, 0.3) is 10.0 Å². The van der Waals surface area contributed by atoms with Crippen LogP contribution in [0.3, 0.4) is 0 Å². The van der Waals surface area contributed by atoms with E-state index in [0.717, 1.165) is 0 Å². The van der Waals surface area contributed by atoms with E-state index in [1.54, 1.807) is 0 Å². The second kappa shape index (κ2) is 5.07. The first-order chi connectivity index (χ1) is 8.86. The van der Waals surface area contributed by atoms with E-state index in [1.165, 1.54) is 16.4 Å². The summed E-state index contributed by atoms with van der Waals surface area (Å²) in [5, 5.41) is -0.168. The summed E-state index contributed by atoms with van der Waals surface area (Å²) in [6.45, 7) is 4.80. The molecule has 1 aromatic heterocycles. The van der Waals surface area contributed by atoms with Gasteiger partial charge in [-0.05, 0) is 33.0 Å². The van der Waals surface area contributed by atoms with Gasteiger partial charge in [0, 0.05) is 25.2 Å². The fraction of sp³-hybridized carbons (Fsp3) is 0.583. The van der Waals surface area contributed by atoms with Gasteiger partial charge in [0.05, 0.1) is 0 Å². The van der Waals surface area contributed by atoms with E-state index in [9.17, 15) is 13.2 Å². The van der Waals surface area contributed by atoms with E-state index in [2.05, 4.69) is 4.90 Å². The average Bonchev–Trinajstić information content (AvgIpc) is 2.84. The number of rotatable bonds is 3. The Labute approximate surface area is 113 Å². The lowest BCUT2D eigenvalue weighted by Crippen LogP contribution is -2.56. The van der Waals surface area contributed by atoms with Crippen LogP contribution >= 0.6 is 0 Å². The number of nitrogens with zero attached hydrogens (tertiary/aromatic N) is 2. The Morgan fingerprint density at radius 1 is 1.26 bits per heavy atom. The minimum Gasteiger partial charge on any atom is -0.440 e. The summed E-state index contributed by atoms with van der Waals surface area (Å²) in [5.74, 6) is 0.0220. The Kier molecular flexibility index (Phi) is 3.80. The maximum absolute atomic E-state index is 12.4. The Morgan fingerprint density at radius 3 is 2.32 bits per heavy atom. The van der Waals surface area contributed by atoms with Crippen LogP contribution in [0.2, 0.25) is 0 Å². The van der Waals surface area contributed by atoms with E-state index in [4.69, 9.17) is 4.42 Å². The van der Waals surface area contributed by atoms with Crippen LogP contribution in [0.25, 0.3) is 0 Å². The molecule has 2 rings (SSSR count). The summed E-state index contributed by atoms with van der Waals surface area (Å²) < 4.78 is 31.3. The van der Waals surface area contributed by atoms with Crippen LogP contribution in [0.1, 0.15) is 24.4 Å². The number of piperazine rings is 1. The first kappa shape index (κ1) is 14.2. The van der Waals surface area contributed by atoms with Gasteiger partial charge in [-0.2, -0.15) is 4.31 Å². The van der Waals surface area contributed by atoms with Crippen molar-refractivity contribution >= 4 is 16.3 Å². The SMILES string of the molecule is CC1CN(S(=O)(=O)c2ccc(C=O)o2)CC(C)N1C. The van der Waals surface area contributed by atoms with Crippen LogP contribution in [0.4, 0.5) is 0 Å². The molecule has 0 aromatic carbocycles. The second-order valence-corrected chi connectivity index (χ2v) is 6.83. The van der Waals surface area contributed by atoms with Crippen molar-refractivity contribution in [1.29, 1.82) is 0 Å². The van der Waals surface area contributed by atoms with Gasteiger partial charge < -0.3 is 4.42 Å². The molecule has 1 aliphatic rings. The van der Waals surface area contributed by atoms with Crippen LogP contribution in [0.5, 0.6) is 0 Å². The molecule has 2 atom stereocenters. The predicted molar refractivity (Wildman–Crippen MR) is 69.5 cm³/mol. The normalized spacial score (nSPS) is 26.5. The molecule has 1 saturated heterocycles. The topological polar surface area (TPSA) is 70.8 Å². The van der Waals surface area contributed by atoms with Crippen LogP contribution in [-0.2, 0) is 10.0 Å². The van der Waals surface area contributed by atoms with E-state index in [1.807, 2.05) is 20.9 Å². The zero-order valence-corrected chi connectivity index (χ0v) is 12.1. The van der Waals surface area contributed by atoms with Crippen molar-refractivity contribution in [2.24, 2.45) is 0 Å². The molecule has 0 bridgehead atoms. The van der Waals surface area contributed by atoms with Gasteiger partial charge in [-0.15, -0.1) is 0 Å². The van der Waals surface area contributed by atoms with Crippen molar-refractivity contribution in [3.63, 3.8) is 0 Å². The third kappa shape index (κ3) is 2.58. The minimum absolute atomic E-state index is 0.0220. The number of furan rings is 1. The summed E-state index contributed by atoms with van der Waals surface area (Å²) in [4.78, 5) is 12.7. The van der Waals surface area contributed by atoms with Crippen LogP contribution in [-0.4, -0.2) is 56.1 Å². The second-order valence-electron chi connectivity index (χ2n) is 4.96. The number of sulfonamides is 1. The lowest BCUT2D eigenvalue weighted by atomic mass is 10.1. The Bertz CT molecular complexity index is 554. The Balaban J connectivity index is 2.27. The fourth-order valence-corrected chi connectivity index (χ4v) is 3.74. The Hall–Kier alpha value is -1.18. The smallest absolute Gasteiger partial charge is 0.276 e. The van der Waals surface area contributed by atoms with Crippen molar-refractivity contribution in [2.45, 2.75) is 31.0 Å². The van der Waals surface area contributed by atoms with E-state index in [0.29, 0.717) is 19.4 Å². The first-order valence-electron chi connectivity index (χ1n) is 6.13. The Morgan fingerprint density at radius 2 is 1.84 bits per heavy atom. The van der Waals surface area contributed by atoms with Gasteiger partial charge in [0.1, 0.15) is 0 Å². The molecule has 2 heterocycles. The quantitative estimate of drug-likeness (QED) is 0.769. The molecule has 1 aliphatic heterocycles. The molecule has 0 saturated carbocycles. The molecular formula is C12H18N2O4S. The lowest BCUT2D eigenvalue weighted by molar-refractivity contribution is 0.103. The zero-order valence-electron chi connectivity index (χ0n) is 11.2. The highest BCUT2D eigenvalue weighted by molar-refractivity contribution is 7.89. The number of hydrogen-bond donors (Lipinski definition) is 0. The highest BCUT2D eigenvalue weighted by Gasteiger charge is 2.35. The van der Waals surface area contributed by atoms with Gasteiger partial charge in [-0.25, -0.2) is 8.42 Å². The average molecular weight is 286 g/mol. The molecule has 0 spiro atoms. The van der Waals surface area contributed by atoms with Crippen molar-refractivity contribution in [3.8, 4) is 0 Å². The summed E-state index contributed by atoms with van der Waals surface area (Å²) in [6.07, 6.45) is 0.494. The molecule has 6 nitrogen and oxygen atoms in total. The third-order valence-electron chi connectivity index (χ3n) is 3.64. The minimum atomic E-state index is -3.66. The molecular weight excluding hydrogens is 268 g/mol. The maximum Gasteiger partial charge on any atom is 0.276 e. The summed E-state index contributed by atoms with van der Waals surface area (Å²) >= 11 is 0. The van der Waals surface area contributed by atoms with Gasteiger partial charge in [-0.3, -0.25) is 9.69 Å². The van der Waals surface area contributed by atoms with E-state index < -0.39 is 10.0 Å². The van der Waals surface area contributed by atoms with Crippen molar-refractivity contribution in [1.82, 2.24) is 9.21 Å². The van der Waals surface area contributed by atoms with Crippen molar-refractivity contribution < 1.29 is 17.6 Å². The fourth-order valence-electron chi connectivity index (χ4n) is 2.22. The molecule has 19 heavy (non-hydrogen) atoms.